The number of rotatable bonds is 7. The summed E-state index contributed by atoms with van der Waals surface area (Å²) in [5.41, 5.74) is 1.10. The van der Waals surface area contributed by atoms with E-state index in [-0.39, 0.29) is 30.6 Å². The first-order chi connectivity index (χ1) is 12.6. The molecular weight excluding hydrogens is 332 g/mol. The van der Waals surface area contributed by atoms with E-state index in [1.54, 1.807) is 0 Å². The van der Waals surface area contributed by atoms with Gasteiger partial charge in [0.25, 0.3) is 0 Å². The molecule has 0 saturated carbocycles. The molecule has 6 heteroatoms. The first kappa shape index (κ1) is 18.7. The van der Waals surface area contributed by atoms with Crippen LogP contribution in [0, 0.1) is 0 Å². The average molecular weight is 360 g/mol. The summed E-state index contributed by atoms with van der Waals surface area (Å²) in [6.07, 6.45) is 5.31. The van der Waals surface area contributed by atoms with Crippen LogP contribution in [0.5, 0.6) is 0 Å². The van der Waals surface area contributed by atoms with Crippen molar-refractivity contribution in [2.75, 3.05) is 13.2 Å². The van der Waals surface area contributed by atoms with E-state index in [1.165, 1.54) is 0 Å². The topological polar surface area (TPSA) is 78.9 Å². The molecule has 3 atom stereocenters. The third-order valence-corrected chi connectivity index (χ3v) is 5.31. The summed E-state index contributed by atoms with van der Waals surface area (Å²) < 4.78 is 5.80. The Morgan fingerprint density at radius 3 is 2.73 bits per heavy atom. The van der Waals surface area contributed by atoms with Crippen LogP contribution in [-0.4, -0.2) is 53.3 Å². The molecule has 0 bridgehead atoms. The minimum Gasteiger partial charge on any atom is -0.481 e. The number of hydrogen-bond acceptors (Lipinski definition) is 3. The number of nitrogens with zero attached hydrogens (tertiary/aromatic N) is 1. The molecule has 142 valence electrons. The molecule has 1 aromatic carbocycles. The second-order valence-corrected chi connectivity index (χ2v) is 7.22. The van der Waals surface area contributed by atoms with Crippen molar-refractivity contribution in [1.82, 2.24) is 10.2 Å². The Bertz CT molecular complexity index is 601. The van der Waals surface area contributed by atoms with Crippen LogP contribution in [0.1, 0.15) is 44.1 Å². The minimum absolute atomic E-state index is 0.0486. The first-order valence-corrected chi connectivity index (χ1v) is 9.58. The van der Waals surface area contributed by atoms with Gasteiger partial charge in [0.15, 0.2) is 0 Å². The first-order valence-electron chi connectivity index (χ1n) is 9.58. The molecule has 2 N–H and O–H groups in total. The van der Waals surface area contributed by atoms with Crippen LogP contribution >= 0.6 is 0 Å². The summed E-state index contributed by atoms with van der Waals surface area (Å²) in [6.45, 7) is 1.53. The number of nitrogens with one attached hydrogen (secondary N) is 1. The smallest absolute Gasteiger partial charge is 0.317 e. The molecule has 0 spiro atoms. The van der Waals surface area contributed by atoms with Crippen molar-refractivity contribution in [3.8, 4) is 0 Å². The number of urea groups is 1. The van der Waals surface area contributed by atoms with E-state index < -0.39 is 5.97 Å². The molecule has 2 heterocycles. The van der Waals surface area contributed by atoms with Gasteiger partial charge in [0.2, 0.25) is 0 Å². The summed E-state index contributed by atoms with van der Waals surface area (Å²) >= 11 is 0. The van der Waals surface area contributed by atoms with Gasteiger partial charge in [-0.05, 0) is 44.1 Å². The van der Waals surface area contributed by atoms with E-state index in [1.807, 2.05) is 35.2 Å². The lowest BCUT2D eigenvalue weighted by molar-refractivity contribution is -0.137. The number of likely N-dealkylation sites (tertiary alicyclic amines) is 1. The van der Waals surface area contributed by atoms with Crippen molar-refractivity contribution in [3.63, 3.8) is 0 Å². The number of hydrogen-bond donors (Lipinski definition) is 2. The maximum Gasteiger partial charge on any atom is 0.317 e. The van der Waals surface area contributed by atoms with E-state index in [0.717, 1.165) is 44.4 Å². The molecular formula is C20H28N2O4. The maximum atomic E-state index is 12.9. The van der Waals surface area contributed by atoms with Crippen LogP contribution in [0.15, 0.2) is 30.3 Å². The zero-order valence-electron chi connectivity index (χ0n) is 15.1. The Balaban J connectivity index is 1.62. The van der Waals surface area contributed by atoms with Gasteiger partial charge < -0.3 is 20.1 Å². The average Bonchev–Trinajstić information content (AvgIpc) is 3.31. The second kappa shape index (κ2) is 9.03. The van der Waals surface area contributed by atoms with E-state index in [4.69, 9.17) is 9.84 Å². The highest BCUT2D eigenvalue weighted by Crippen LogP contribution is 2.28. The number of carboxylic acids is 1. The van der Waals surface area contributed by atoms with Gasteiger partial charge in [0.05, 0.1) is 12.1 Å². The van der Waals surface area contributed by atoms with Gasteiger partial charge in [-0.1, -0.05) is 30.3 Å². The normalized spacial score (nSPS) is 23.8. The molecule has 2 amide bonds. The molecule has 2 fully saturated rings. The second-order valence-electron chi connectivity index (χ2n) is 7.22. The fourth-order valence-corrected chi connectivity index (χ4v) is 4.02. The summed E-state index contributed by atoms with van der Waals surface area (Å²) in [5, 5.41) is 12.1. The standard InChI is InChI=1S/C20H28N2O4/c23-19(24)11-10-16(14-15-6-2-1-3-7-15)21-20(25)22-12-4-8-17(22)18-9-5-13-26-18/h1-3,6-7,16-18H,4-5,8-14H2,(H,21,25)(H,23,24). The molecule has 1 aromatic rings. The van der Waals surface area contributed by atoms with E-state index >= 15 is 0 Å². The lowest BCUT2D eigenvalue weighted by atomic mass is 10.0. The number of carboxylic acid groups (broad SMARTS) is 1. The summed E-state index contributed by atoms with van der Waals surface area (Å²) in [7, 11) is 0. The van der Waals surface area contributed by atoms with Crippen molar-refractivity contribution in [2.45, 2.75) is 63.1 Å². The van der Waals surface area contributed by atoms with Crippen LogP contribution in [0.2, 0.25) is 0 Å². The zero-order chi connectivity index (χ0) is 18.4. The third-order valence-electron chi connectivity index (χ3n) is 5.31. The van der Waals surface area contributed by atoms with Crippen LogP contribution in [0.25, 0.3) is 0 Å². The summed E-state index contributed by atoms with van der Waals surface area (Å²) in [6, 6.07) is 9.75. The quantitative estimate of drug-likeness (QED) is 0.784. The summed E-state index contributed by atoms with van der Waals surface area (Å²) in [4.78, 5) is 25.8. The minimum atomic E-state index is -0.837. The molecule has 3 rings (SSSR count). The molecule has 6 nitrogen and oxygen atoms in total. The Morgan fingerprint density at radius 1 is 1.23 bits per heavy atom. The van der Waals surface area contributed by atoms with Gasteiger partial charge in [-0.2, -0.15) is 0 Å². The van der Waals surface area contributed by atoms with Crippen LogP contribution in [0.4, 0.5) is 4.79 Å². The van der Waals surface area contributed by atoms with Crippen LogP contribution in [0.3, 0.4) is 0 Å². The van der Waals surface area contributed by atoms with Gasteiger partial charge in [-0.3, -0.25) is 4.79 Å². The van der Waals surface area contributed by atoms with Crippen molar-refractivity contribution in [3.05, 3.63) is 35.9 Å². The molecule has 2 aliphatic heterocycles. The zero-order valence-corrected chi connectivity index (χ0v) is 15.1. The highest BCUT2D eigenvalue weighted by molar-refractivity contribution is 5.75. The van der Waals surface area contributed by atoms with Crippen molar-refractivity contribution in [2.24, 2.45) is 0 Å². The highest BCUT2D eigenvalue weighted by Gasteiger charge is 2.37. The molecule has 0 aliphatic carbocycles. The Morgan fingerprint density at radius 2 is 2.04 bits per heavy atom. The molecule has 26 heavy (non-hydrogen) atoms. The van der Waals surface area contributed by atoms with Gasteiger partial charge >= 0.3 is 12.0 Å². The predicted octanol–water partition coefficient (Wildman–Crippen LogP) is 2.82. The van der Waals surface area contributed by atoms with Crippen molar-refractivity contribution in [1.29, 1.82) is 0 Å². The Kier molecular flexibility index (Phi) is 6.50. The molecule has 3 unspecified atom stereocenters. The maximum absolute atomic E-state index is 12.9. The fourth-order valence-electron chi connectivity index (χ4n) is 4.02. The van der Waals surface area contributed by atoms with Crippen molar-refractivity contribution < 1.29 is 19.4 Å². The number of aliphatic carboxylic acids is 1. The molecule has 0 radical (unpaired) electrons. The van der Waals surface area contributed by atoms with Crippen LogP contribution in [-0.2, 0) is 16.0 Å². The van der Waals surface area contributed by atoms with Crippen LogP contribution < -0.4 is 5.32 Å². The Labute approximate surface area is 154 Å². The Hall–Kier alpha value is -2.08. The lowest BCUT2D eigenvalue weighted by Crippen LogP contribution is -2.50. The van der Waals surface area contributed by atoms with E-state index in [2.05, 4.69) is 5.32 Å². The summed E-state index contributed by atoms with van der Waals surface area (Å²) in [5.74, 6) is -0.837. The number of amides is 2. The highest BCUT2D eigenvalue weighted by atomic mass is 16.5. The number of benzene rings is 1. The van der Waals surface area contributed by atoms with Gasteiger partial charge in [-0.15, -0.1) is 0 Å². The van der Waals surface area contributed by atoms with E-state index in [9.17, 15) is 9.59 Å². The number of carbonyl (C=O) groups excluding carboxylic acids is 1. The molecule has 0 aromatic heterocycles. The van der Waals surface area contributed by atoms with Gasteiger partial charge in [-0.25, -0.2) is 4.79 Å². The van der Waals surface area contributed by atoms with E-state index in [0.29, 0.717) is 12.8 Å². The largest absolute Gasteiger partial charge is 0.481 e. The van der Waals surface area contributed by atoms with Gasteiger partial charge in [0.1, 0.15) is 0 Å². The van der Waals surface area contributed by atoms with Gasteiger partial charge in [0, 0.05) is 25.6 Å². The third kappa shape index (κ3) is 4.97. The monoisotopic (exact) mass is 360 g/mol. The number of ether oxygens (including phenoxy) is 1. The predicted molar refractivity (Wildman–Crippen MR) is 98.0 cm³/mol. The molecule has 2 aliphatic rings. The SMILES string of the molecule is O=C(O)CCC(Cc1ccccc1)NC(=O)N1CCCC1C1CCCO1. The number of carbonyl (C=O) groups is 2. The van der Waals surface area contributed by atoms with Crippen molar-refractivity contribution >= 4 is 12.0 Å². The lowest BCUT2D eigenvalue weighted by Gasteiger charge is -2.31. The fraction of sp³-hybridized carbons (Fsp3) is 0.600. The molecule has 2 saturated heterocycles.